The molecule has 1 fully saturated rings. The van der Waals surface area contributed by atoms with Crippen molar-refractivity contribution in [2.24, 2.45) is 5.41 Å². The van der Waals surface area contributed by atoms with E-state index in [9.17, 15) is 9.59 Å². The molecule has 2 aromatic carbocycles. The molecule has 1 amide bonds. The lowest BCUT2D eigenvalue weighted by Crippen LogP contribution is -2.15. The van der Waals surface area contributed by atoms with Gasteiger partial charge in [0.25, 0.3) is 5.91 Å². The SMILES string of the molecule is COc1ccc(-c2ccc3c(c2)CNC3=O)c(OCC2(CCC(=O)O)CC2)c1OC. The van der Waals surface area contributed by atoms with Crippen LogP contribution in [0, 0.1) is 5.41 Å². The second-order valence-electron chi connectivity index (χ2n) is 7.91. The van der Waals surface area contributed by atoms with E-state index in [2.05, 4.69) is 5.32 Å². The van der Waals surface area contributed by atoms with Gasteiger partial charge in [0.15, 0.2) is 11.5 Å². The number of ether oxygens (including phenoxy) is 3. The fraction of sp³-hybridized carbons (Fsp3) is 0.391. The molecule has 158 valence electrons. The Kier molecular flexibility index (Phi) is 5.28. The summed E-state index contributed by atoms with van der Waals surface area (Å²) >= 11 is 0. The summed E-state index contributed by atoms with van der Waals surface area (Å²) < 4.78 is 17.3. The van der Waals surface area contributed by atoms with Gasteiger partial charge in [-0.25, -0.2) is 0 Å². The third-order valence-electron chi connectivity index (χ3n) is 5.95. The first kappa shape index (κ1) is 20.1. The number of carboxylic acid groups (broad SMARTS) is 1. The summed E-state index contributed by atoms with van der Waals surface area (Å²) in [6, 6.07) is 9.45. The molecule has 7 nitrogen and oxygen atoms in total. The van der Waals surface area contributed by atoms with Gasteiger partial charge >= 0.3 is 5.97 Å². The van der Waals surface area contributed by atoms with E-state index < -0.39 is 5.97 Å². The average Bonchev–Trinajstić information content (AvgIpc) is 3.44. The molecule has 1 aliphatic carbocycles. The summed E-state index contributed by atoms with van der Waals surface area (Å²) in [5.41, 5.74) is 3.28. The van der Waals surface area contributed by atoms with Crippen molar-refractivity contribution in [2.45, 2.75) is 32.2 Å². The molecule has 0 atom stereocenters. The van der Waals surface area contributed by atoms with Crippen LogP contribution in [0.1, 0.15) is 41.6 Å². The van der Waals surface area contributed by atoms with E-state index in [0.29, 0.717) is 42.4 Å². The minimum atomic E-state index is -0.790. The third-order valence-corrected chi connectivity index (χ3v) is 5.95. The van der Waals surface area contributed by atoms with Crippen LogP contribution in [-0.2, 0) is 11.3 Å². The van der Waals surface area contributed by atoms with Crippen molar-refractivity contribution in [2.75, 3.05) is 20.8 Å². The first-order chi connectivity index (χ1) is 14.5. The Labute approximate surface area is 174 Å². The third kappa shape index (κ3) is 3.79. The largest absolute Gasteiger partial charge is 0.493 e. The molecule has 2 aromatic rings. The predicted octanol–water partition coefficient (Wildman–Crippen LogP) is 3.64. The number of carbonyl (C=O) groups excluding carboxylic acids is 1. The van der Waals surface area contributed by atoms with Gasteiger partial charge in [-0.05, 0) is 54.7 Å². The summed E-state index contributed by atoms with van der Waals surface area (Å²) in [7, 11) is 3.14. The molecule has 1 saturated carbocycles. The molecular weight excluding hydrogens is 386 g/mol. The van der Waals surface area contributed by atoms with Crippen LogP contribution in [0.2, 0.25) is 0 Å². The molecule has 1 aliphatic heterocycles. The molecule has 2 aliphatic rings. The fourth-order valence-corrected chi connectivity index (χ4v) is 3.91. The summed E-state index contributed by atoms with van der Waals surface area (Å²) in [5, 5.41) is 11.9. The van der Waals surface area contributed by atoms with Crippen molar-refractivity contribution >= 4 is 11.9 Å². The van der Waals surface area contributed by atoms with Crippen molar-refractivity contribution in [1.29, 1.82) is 0 Å². The Balaban J connectivity index is 1.67. The van der Waals surface area contributed by atoms with E-state index in [-0.39, 0.29) is 17.7 Å². The number of methoxy groups -OCH3 is 2. The average molecular weight is 411 g/mol. The van der Waals surface area contributed by atoms with Crippen LogP contribution in [0.15, 0.2) is 30.3 Å². The molecule has 0 radical (unpaired) electrons. The molecule has 0 aromatic heterocycles. The van der Waals surface area contributed by atoms with Crippen molar-refractivity contribution in [3.05, 3.63) is 41.5 Å². The molecule has 4 rings (SSSR count). The van der Waals surface area contributed by atoms with Crippen molar-refractivity contribution < 1.29 is 28.9 Å². The number of amides is 1. The summed E-state index contributed by atoms with van der Waals surface area (Å²) in [5.74, 6) is 0.774. The lowest BCUT2D eigenvalue weighted by molar-refractivity contribution is -0.137. The molecule has 0 bridgehead atoms. The number of carboxylic acids is 1. The topological polar surface area (TPSA) is 94.1 Å². The van der Waals surface area contributed by atoms with Crippen molar-refractivity contribution in [3.63, 3.8) is 0 Å². The van der Waals surface area contributed by atoms with E-state index in [1.165, 1.54) is 0 Å². The maximum Gasteiger partial charge on any atom is 0.303 e. The molecule has 0 unspecified atom stereocenters. The standard InChI is InChI=1S/C23H25NO6/c1-28-18-6-5-16(14-3-4-17-15(11-14)12-24-22(17)27)20(21(18)29-2)30-13-23(9-10-23)8-7-19(25)26/h3-6,11H,7-10,12-13H2,1-2H3,(H,24,27)(H,25,26). The van der Waals surface area contributed by atoms with Crippen molar-refractivity contribution in [1.82, 2.24) is 5.32 Å². The highest BCUT2D eigenvalue weighted by Crippen LogP contribution is 2.52. The number of hydrogen-bond acceptors (Lipinski definition) is 5. The number of carbonyl (C=O) groups is 2. The zero-order valence-corrected chi connectivity index (χ0v) is 17.1. The normalized spacial score (nSPS) is 15.9. The van der Waals surface area contributed by atoms with Gasteiger partial charge in [-0.1, -0.05) is 6.07 Å². The van der Waals surface area contributed by atoms with Gasteiger partial charge < -0.3 is 24.6 Å². The molecule has 30 heavy (non-hydrogen) atoms. The second-order valence-corrected chi connectivity index (χ2v) is 7.91. The summed E-state index contributed by atoms with van der Waals surface area (Å²) in [6.45, 7) is 0.922. The minimum absolute atomic E-state index is 0.0607. The maximum absolute atomic E-state index is 11.9. The number of rotatable bonds is 9. The minimum Gasteiger partial charge on any atom is -0.493 e. The Bertz CT molecular complexity index is 995. The van der Waals surface area contributed by atoms with Gasteiger partial charge in [-0.3, -0.25) is 9.59 Å². The Hall–Kier alpha value is -3.22. The fourth-order valence-electron chi connectivity index (χ4n) is 3.91. The van der Waals surface area contributed by atoms with E-state index in [4.69, 9.17) is 19.3 Å². The summed E-state index contributed by atoms with van der Waals surface area (Å²) in [6.07, 6.45) is 2.64. The Morgan fingerprint density at radius 3 is 2.53 bits per heavy atom. The molecule has 0 spiro atoms. The van der Waals surface area contributed by atoms with Crippen LogP contribution in [0.3, 0.4) is 0 Å². The Morgan fingerprint density at radius 1 is 1.10 bits per heavy atom. The summed E-state index contributed by atoms with van der Waals surface area (Å²) in [4.78, 5) is 22.9. The van der Waals surface area contributed by atoms with Gasteiger partial charge in [-0.15, -0.1) is 0 Å². The van der Waals surface area contributed by atoms with Gasteiger partial charge in [0.2, 0.25) is 5.75 Å². The first-order valence-corrected chi connectivity index (χ1v) is 9.97. The zero-order valence-electron chi connectivity index (χ0n) is 17.1. The smallest absolute Gasteiger partial charge is 0.303 e. The number of fused-ring (bicyclic) bond motifs is 1. The number of aliphatic carboxylic acids is 1. The highest BCUT2D eigenvalue weighted by Gasteiger charge is 2.43. The zero-order chi connectivity index (χ0) is 21.3. The lowest BCUT2D eigenvalue weighted by atomic mass is 9.98. The monoisotopic (exact) mass is 411 g/mol. The number of nitrogens with one attached hydrogen (secondary N) is 1. The van der Waals surface area contributed by atoms with E-state index in [1.807, 2.05) is 30.3 Å². The van der Waals surface area contributed by atoms with Crippen LogP contribution in [-0.4, -0.2) is 37.8 Å². The van der Waals surface area contributed by atoms with Crippen LogP contribution in [0.4, 0.5) is 0 Å². The molecule has 7 heteroatoms. The number of hydrogen-bond donors (Lipinski definition) is 2. The predicted molar refractivity (Wildman–Crippen MR) is 110 cm³/mol. The van der Waals surface area contributed by atoms with Crippen molar-refractivity contribution in [3.8, 4) is 28.4 Å². The molecule has 1 heterocycles. The second kappa shape index (κ2) is 7.89. The van der Waals surface area contributed by atoms with Gasteiger partial charge in [0.1, 0.15) is 0 Å². The van der Waals surface area contributed by atoms with Crippen LogP contribution >= 0.6 is 0 Å². The number of benzene rings is 2. The molecular formula is C23H25NO6. The van der Waals surface area contributed by atoms with E-state index >= 15 is 0 Å². The molecule has 2 N–H and O–H groups in total. The van der Waals surface area contributed by atoms with Crippen LogP contribution in [0.25, 0.3) is 11.1 Å². The van der Waals surface area contributed by atoms with E-state index in [0.717, 1.165) is 29.5 Å². The Morgan fingerprint density at radius 2 is 1.87 bits per heavy atom. The van der Waals surface area contributed by atoms with Crippen LogP contribution in [0.5, 0.6) is 17.2 Å². The highest BCUT2D eigenvalue weighted by molar-refractivity contribution is 5.99. The molecule has 0 saturated heterocycles. The highest BCUT2D eigenvalue weighted by atomic mass is 16.5. The van der Waals surface area contributed by atoms with Gasteiger partial charge in [0.05, 0.1) is 20.8 Å². The lowest BCUT2D eigenvalue weighted by Gasteiger charge is -2.21. The maximum atomic E-state index is 11.9. The van der Waals surface area contributed by atoms with E-state index in [1.54, 1.807) is 14.2 Å². The van der Waals surface area contributed by atoms with Gasteiger partial charge in [0, 0.05) is 29.5 Å². The van der Waals surface area contributed by atoms with Gasteiger partial charge in [-0.2, -0.15) is 0 Å². The first-order valence-electron chi connectivity index (χ1n) is 9.97. The van der Waals surface area contributed by atoms with Crippen LogP contribution < -0.4 is 19.5 Å². The quantitative estimate of drug-likeness (QED) is 0.654.